The second-order valence-electron chi connectivity index (χ2n) is 4.56. The van der Waals surface area contributed by atoms with Gasteiger partial charge in [0.1, 0.15) is 17.1 Å². The largest absolute Gasteiger partial charge is 0.505 e. The molecule has 0 spiro atoms. The van der Waals surface area contributed by atoms with Crippen LogP contribution in [-0.2, 0) is 6.42 Å². The summed E-state index contributed by atoms with van der Waals surface area (Å²) < 4.78 is 12.8. The molecule has 0 aliphatic carbocycles. The summed E-state index contributed by atoms with van der Waals surface area (Å²) in [6.45, 7) is 0. The maximum atomic E-state index is 12.8. The second kappa shape index (κ2) is 4.77. The molecule has 5 heteroatoms. The summed E-state index contributed by atoms with van der Waals surface area (Å²) in [4.78, 5) is 18.1. The van der Waals surface area contributed by atoms with Crippen LogP contribution in [0.5, 0.6) is 5.75 Å². The Hall–Kier alpha value is -2.69. The number of benzene rings is 1. The molecule has 0 saturated heterocycles. The Bertz CT molecular complexity index is 825. The molecule has 0 bridgehead atoms. The molecule has 3 aromatic rings. The van der Waals surface area contributed by atoms with E-state index in [-0.39, 0.29) is 17.1 Å². The lowest BCUT2D eigenvalue weighted by Gasteiger charge is -2.04. The summed E-state index contributed by atoms with van der Waals surface area (Å²) in [5, 5.41) is 9.64. The molecule has 0 aliphatic rings. The molecule has 2 aromatic heterocycles. The van der Waals surface area contributed by atoms with Gasteiger partial charge in [0.2, 0.25) is 0 Å². The molecule has 2 heterocycles. The molecule has 20 heavy (non-hydrogen) atoms. The van der Waals surface area contributed by atoms with Crippen LogP contribution in [0.4, 0.5) is 4.39 Å². The van der Waals surface area contributed by atoms with Crippen molar-refractivity contribution in [2.75, 3.05) is 0 Å². The highest BCUT2D eigenvalue weighted by molar-refractivity contribution is 5.80. The van der Waals surface area contributed by atoms with Gasteiger partial charge in [0, 0.05) is 12.3 Å². The van der Waals surface area contributed by atoms with E-state index >= 15 is 0 Å². The minimum atomic E-state index is -0.379. The van der Waals surface area contributed by atoms with E-state index in [1.807, 2.05) is 0 Å². The molecule has 100 valence electrons. The molecule has 4 nitrogen and oxygen atoms in total. The Labute approximate surface area is 113 Å². The van der Waals surface area contributed by atoms with Crippen molar-refractivity contribution in [3.8, 4) is 5.75 Å². The first-order valence-electron chi connectivity index (χ1n) is 6.07. The van der Waals surface area contributed by atoms with Gasteiger partial charge in [-0.25, -0.2) is 4.39 Å². The lowest BCUT2D eigenvalue weighted by molar-refractivity contribution is 0.479. The van der Waals surface area contributed by atoms with Crippen molar-refractivity contribution >= 4 is 11.0 Å². The predicted molar refractivity (Wildman–Crippen MR) is 73.2 cm³/mol. The number of aromatic nitrogens is 2. The summed E-state index contributed by atoms with van der Waals surface area (Å²) in [6, 6.07) is 9.05. The highest BCUT2D eigenvalue weighted by Gasteiger charge is 2.05. The van der Waals surface area contributed by atoms with Crippen LogP contribution in [0.2, 0.25) is 0 Å². The van der Waals surface area contributed by atoms with Gasteiger partial charge >= 0.3 is 0 Å². The van der Waals surface area contributed by atoms with Crippen LogP contribution in [0.3, 0.4) is 0 Å². The van der Waals surface area contributed by atoms with Crippen molar-refractivity contribution in [3.63, 3.8) is 0 Å². The standard InChI is InChI=1S/C15H11FN2O2/c16-11-3-1-9(2-4-11)5-10-6-12-15(17-8-10)13(19)7-14(20)18-12/h1-4,6-8H,5H2,(H2,18,19,20). The third kappa shape index (κ3) is 2.38. The smallest absolute Gasteiger partial charge is 0.252 e. The fourth-order valence-corrected chi connectivity index (χ4v) is 2.10. The molecule has 1 aromatic carbocycles. The fourth-order valence-electron chi connectivity index (χ4n) is 2.10. The summed E-state index contributed by atoms with van der Waals surface area (Å²) in [5.74, 6) is -0.420. The number of pyridine rings is 2. The molecule has 2 N–H and O–H groups in total. The maximum Gasteiger partial charge on any atom is 0.252 e. The zero-order chi connectivity index (χ0) is 14.1. The number of hydrogen-bond acceptors (Lipinski definition) is 3. The minimum absolute atomic E-state index is 0.142. The molecule has 0 atom stereocenters. The highest BCUT2D eigenvalue weighted by Crippen LogP contribution is 2.20. The number of rotatable bonds is 2. The molecule has 0 amide bonds. The normalized spacial score (nSPS) is 10.8. The van der Waals surface area contributed by atoms with Crippen LogP contribution in [0.15, 0.2) is 47.4 Å². The summed E-state index contributed by atoms with van der Waals surface area (Å²) in [6.07, 6.45) is 2.20. The summed E-state index contributed by atoms with van der Waals surface area (Å²) >= 11 is 0. The van der Waals surface area contributed by atoms with Gasteiger partial charge in [0.15, 0.2) is 0 Å². The van der Waals surface area contributed by atoms with Crippen molar-refractivity contribution in [1.82, 2.24) is 9.97 Å². The molecular weight excluding hydrogens is 259 g/mol. The van der Waals surface area contributed by atoms with Gasteiger partial charge in [-0.3, -0.25) is 9.78 Å². The number of nitrogens with one attached hydrogen (secondary N) is 1. The molecule has 0 aliphatic heterocycles. The first-order chi connectivity index (χ1) is 9.61. The number of H-pyrrole nitrogens is 1. The Balaban J connectivity index is 2.00. The molecule has 0 unspecified atom stereocenters. The summed E-state index contributed by atoms with van der Waals surface area (Å²) in [5.41, 5.74) is 2.26. The Morgan fingerprint density at radius 1 is 1.15 bits per heavy atom. The number of aromatic amines is 1. The fraction of sp³-hybridized carbons (Fsp3) is 0.0667. The second-order valence-corrected chi connectivity index (χ2v) is 4.56. The zero-order valence-corrected chi connectivity index (χ0v) is 10.4. The average molecular weight is 270 g/mol. The Morgan fingerprint density at radius 3 is 2.65 bits per heavy atom. The van der Waals surface area contributed by atoms with Crippen LogP contribution in [0.25, 0.3) is 11.0 Å². The van der Waals surface area contributed by atoms with Gasteiger partial charge in [-0.2, -0.15) is 0 Å². The quantitative estimate of drug-likeness (QED) is 0.751. The van der Waals surface area contributed by atoms with E-state index in [1.54, 1.807) is 24.4 Å². The minimum Gasteiger partial charge on any atom is -0.505 e. The third-order valence-corrected chi connectivity index (χ3v) is 3.03. The molecule has 0 fully saturated rings. The number of halogens is 1. The van der Waals surface area contributed by atoms with E-state index in [1.165, 1.54) is 12.1 Å². The van der Waals surface area contributed by atoms with E-state index in [0.717, 1.165) is 17.2 Å². The first kappa shape index (κ1) is 12.3. The van der Waals surface area contributed by atoms with E-state index in [9.17, 15) is 14.3 Å². The van der Waals surface area contributed by atoms with Crippen LogP contribution in [-0.4, -0.2) is 15.1 Å². The first-order valence-corrected chi connectivity index (χ1v) is 6.07. The van der Waals surface area contributed by atoms with E-state index in [0.29, 0.717) is 17.5 Å². The molecular formula is C15H11FN2O2. The molecule has 0 radical (unpaired) electrons. The third-order valence-electron chi connectivity index (χ3n) is 3.03. The highest BCUT2D eigenvalue weighted by atomic mass is 19.1. The van der Waals surface area contributed by atoms with Gasteiger partial charge < -0.3 is 10.1 Å². The lowest BCUT2D eigenvalue weighted by atomic mass is 10.1. The number of hydrogen-bond donors (Lipinski definition) is 2. The van der Waals surface area contributed by atoms with Gasteiger partial charge in [-0.15, -0.1) is 0 Å². The van der Waals surface area contributed by atoms with Crippen molar-refractivity contribution in [3.05, 3.63) is 69.9 Å². The van der Waals surface area contributed by atoms with Crippen molar-refractivity contribution in [1.29, 1.82) is 0 Å². The lowest BCUT2D eigenvalue weighted by Crippen LogP contribution is -2.04. The summed E-state index contributed by atoms with van der Waals surface area (Å²) in [7, 11) is 0. The topological polar surface area (TPSA) is 66.0 Å². The maximum absolute atomic E-state index is 12.8. The van der Waals surface area contributed by atoms with E-state index in [4.69, 9.17) is 0 Å². The van der Waals surface area contributed by atoms with Gasteiger partial charge in [-0.05, 0) is 35.7 Å². The Kier molecular flexibility index (Phi) is 2.95. The number of fused-ring (bicyclic) bond motifs is 1. The van der Waals surface area contributed by atoms with Crippen LogP contribution in [0.1, 0.15) is 11.1 Å². The van der Waals surface area contributed by atoms with E-state index in [2.05, 4.69) is 9.97 Å². The Morgan fingerprint density at radius 2 is 1.90 bits per heavy atom. The zero-order valence-electron chi connectivity index (χ0n) is 10.4. The van der Waals surface area contributed by atoms with Gasteiger partial charge in [0.25, 0.3) is 5.56 Å². The van der Waals surface area contributed by atoms with Gasteiger partial charge in [0.05, 0.1) is 5.52 Å². The van der Waals surface area contributed by atoms with Crippen LogP contribution >= 0.6 is 0 Å². The number of aromatic hydroxyl groups is 1. The molecule has 3 rings (SSSR count). The molecule has 0 saturated carbocycles. The monoisotopic (exact) mass is 270 g/mol. The van der Waals surface area contributed by atoms with Crippen molar-refractivity contribution in [2.24, 2.45) is 0 Å². The number of nitrogens with zero attached hydrogens (tertiary/aromatic N) is 1. The van der Waals surface area contributed by atoms with Crippen LogP contribution in [0, 0.1) is 5.82 Å². The average Bonchev–Trinajstić information content (AvgIpc) is 2.41. The van der Waals surface area contributed by atoms with Crippen LogP contribution < -0.4 is 5.56 Å². The van der Waals surface area contributed by atoms with Gasteiger partial charge in [-0.1, -0.05) is 12.1 Å². The van der Waals surface area contributed by atoms with E-state index < -0.39 is 0 Å². The predicted octanol–water partition coefficient (Wildman–Crippen LogP) is 2.36. The SMILES string of the molecule is O=c1cc(O)c2ncc(Cc3ccc(F)cc3)cc2[nH]1. The van der Waals surface area contributed by atoms with Crippen molar-refractivity contribution < 1.29 is 9.50 Å². The van der Waals surface area contributed by atoms with Crippen molar-refractivity contribution in [2.45, 2.75) is 6.42 Å².